The highest BCUT2D eigenvalue weighted by Crippen LogP contribution is 2.50. The van der Waals surface area contributed by atoms with E-state index in [1.54, 1.807) is 11.3 Å². The number of hydrogen-bond donors (Lipinski definition) is 0. The summed E-state index contributed by atoms with van der Waals surface area (Å²) in [5.41, 5.74) is 5.29. The average molecular weight is 740 g/mol. The van der Waals surface area contributed by atoms with Gasteiger partial charge in [-0.1, -0.05) is 121 Å². The lowest BCUT2D eigenvalue weighted by Crippen LogP contribution is -2.03. The van der Waals surface area contributed by atoms with Crippen LogP contribution in [-0.4, -0.2) is 14.5 Å². The van der Waals surface area contributed by atoms with Gasteiger partial charge in [-0.05, 0) is 51.9 Å². The lowest BCUT2D eigenvalue weighted by molar-refractivity contribution is 1.09. The van der Waals surface area contributed by atoms with Crippen LogP contribution in [0.25, 0.3) is 121 Å². The van der Waals surface area contributed by atoms with E-state index in [1.165, 1.54) is 82.9 Å². The quantitative estimate of drug-likeness (QED) is 0.177. The molecule has 0 atom stereocenters. The first-order valence-electron chi connectivity index (χ1n) is 18.1. The Morgan fingerprint density at radius 2 is 1.06 bits per heavy atom. The Balaban J connectivity index is 1.27. The number of fused-ring (bicyclic) bond motifs is 17. The minimum absolute atomic E-state index is 0.865. The van der Waals surface area contributed by atoms with Gasteiger partial charge in [-0.25, -0.2) is 9.97 Å². The number of rotatable bonds is 2. The topological polar surface area (TPSA) is 30.7 Å². The molecule has 0 aliphatic rings. The molecule has 0 radical (unpaired) electrons. The van der Waals surface area contributed by atoms with Crippen molar-refractivity contribution in [2.45, 2.75) is 0 Å². The molecule has 0 saturated heterocycles. The van der Waals surface area contributed by atoms with Crippen LogP contribution in [0, 0.1) is 0 Å². The molecule has 0 unspecified atom stereocenters. The highest BCUT2D eigenvalue weighted by atomic mass is 32.1. The standard InChI is InChI=1S/C48H25N3S3/c1-2-13-27-25-39-35(24-26(27)12-1)41-30-16-4-3-15-29(30)40-32-17-5-8-21-36(32)51(44(40)46(41)53-39)47-42(49-43-33-18-7-10-23-38(33)54-48(43)50-47)34-20-11-19-31-28-14-6-9-22-37(28)52-45(31)34/h1-25H. The van der Waals surface area contributed by atoms with E-state index in [0.29, 0.717) is 0 Å². The van der Waals surface area contributed by atoms with Crippen LogP contribution in [0.1, 0.15) is 0 Å². The van der Waals surface area contributed by atoms with Gasteiger partial charge in [-0.2, -0.15) is 0 Å². The SMILES string of the molecule is c1ccc2cc3c(cc2c1)sc1c3c2ccccc2c2c3ccccc3n(-c3nc4sc5ccccc5c4nc3-c3cccc4c3sc3ccccc34)c12. The van der Waals surface area contributed by atoms with E-state index in [9.17, 15) is 0 Å². The first-order chi connectivity index (χ1) is 26.8. The van der Waals surface area contributed by atoms with Gasteiger partial charge in [0, 0.05) is 62.1 Å². The molecule has 0 fully saturated rings. The molecule has 0 spiro atoms. The van der Waals surface area contributed by atoms with Gasteiger partial charge in [-0.3, -0.25) is 4.57 Å². The van der Waals surface area contributed by atoms with Crippen molar-refractivity contribution in [1.82, 2.24) is 14.5 Å². The smallest absolute Gasteiger partial charge is 0.166 e. The number of benzene rings is 8. The summed E-state index contributed by atoms with van der Waals surface area (Å²) in [6.45, 7) is 0. The predicted octanol–water partition coefficient (Wildman–Crippen LogP) is 14.7. The summed E-state index contributed by atoms with van der Waals surface area (Å²) >= 11 is 5.46. The van der Waals surface area contributed by atoms with Crippen LogP contribution in [0.2, 0.25) is 0 Å². The zero-order valence-electron chi connectivity index (χ0n) is 28.5. The van der Waals surface area contributed by atoms with Gasteiger partial charge in [-0.15, -0.1) is 34.0 Å². The van der Waals surface area contributed by atoms with E-state index in [-0.39, 0.29) is 0 Å². The first kappa shape index (κ1) is 29.3. The molecule has 0 N–H and O–H groups in total. The van der Waals surface area contributed by atoms with E-state index in [0.717, 1.165) is 38.3 Å². The summed E-state index contributed by atoms with van der Waals surface area (Å²) in [5.74, 6) is 0.865. The fourth-order valence-electron chi connectivity index (χ4n) is 8.87. The molecular weight excluding hydrogens is 715 g/mol. The second-order valence-electron chi connectivity index (χ2n) is 14.1. The first-order valence-corrected chi connectivity index (χ1v) is 20.5. The number of thiophene rings is 3. The van der Waals surface area contributed by atoms with Crippen molar-refractivity contribution in [2.75, 3.05) is 0 Å². The predicted molar refractivity (Wildman–Crippen MR) is 235 cm³/mol. The molecule has 3 nitrogen and oxygen atoms in total. The summed E-state index contributed by atoms with van der Waals surface area (Å²) in [6.07, 6.45) is 0. The Morgan fingerprint density at radius 1 is 0.426 bits per heavy atom. The maximum atomic E-state index is 5.71. The molecule has 0 aliphatic carbocycles. The molecule has 0 saturated carbocycles. The summed E-state index contributed by atoms with van der Waals surface area (Å²) in [6, 6.07) is 55.3. The Morgan fingerprint density at radius 3 is 1.89 bits per heavy atom. The summed E-state index contributed by atoms with van der Waals surface area (Å²) < 4.78 is 8.72. The van der Waals surface area contributed by atoms with E-state index in [2.05, 4.69) is 156 Å². The second-order valence-corrected chi connectivity index (χ2v) is 17.2. The van der Waals surface area contributed by atoms with Crippen molar-refractivity contribution >= 4 is 138 Å². The third kappa shape index (κ3) is 3.84. The van der Waals surface area contributed by atoms with Crippen LogP contribution >= 0.6 is 34.0 Å². The maximum Gasteiger partial charge on any atom is 0.166 e. The minimum atomic E-state index is 0.865. The molecule has 0 amide bonds. The van der Waals surface area contributed by atoms with Gasteiger partial charge in [0.05, 0.1) is 15.7 Å². The van der Waals surface area contributed by atoms with Gasteiger partial charge < -0.3 is 0 Å². The molecule has 5 aromatic heterocycles. The average Bonchev–Trinajstić information content (AvgIpc) is 3.98. The van der Waals surface area contributed by atoms with E-state index >= 15 is 0 Å². The fourth-order valence-corrected chi connectivity index (χ4v) is 12.4. The van der Waals surface area contributed by atoms with Crippen molar-refractivity contribution in [3.8, 4) is 17.1 Å². The van der Waals surface area contributed by atoms with Crippen molar-refractivity contribution < 1.29 is 0 Å². The molecule has 54 heavy (non-hydrogen) atoms. The molecule has 13 rings (SSSR count). The van der Waals surface area contributed by atoms with Gasteiger partial charge in [0.15, 0.2) is 5.82 Å². The van der Waals surface area contributed by atoms with Gasteiger partial charge in [0.1, 0.15) is 16.0 Å². The zero-order chi connectivity index (χ0) is 35.1. The highest BCUT2D eigenvalue weighted by Gasteiger charge is 2.26. The van der Waals surface area contributed by atoms with Crippen LogP contribution in [0.4, 0.5) is 0 Å². The molecule has 0 bridgehead atoms. The van der Waals surface area contributed by atoms with Crippen molar-refractivity contribution in [2.24, 2.45) is 0 Å². The Bertz CT molecular complexity index is 3750. The van der Waals surface area contributed by atoms with E-state index in [4.69, 9.17) is 9.97 Å². The van der Waals surface area contributed by atoms with Crippen molar-refractivity contribution in [3.63, 3.8) is 0 Å². The highest BCUT2D eigenvalue weighted by molar-refractivity contribution is 7.27. The van der Waals surface area contributed by atoms with Crippen LogP contribution in [0.5, 0.6) is 0 Å². The Hall–Kier alpha value is -6.18. The largest absolute Gasteiger partial charge is 0.290 e. The number of para-hydroxylation sites is 1. The third-order valence-electron chi connectivity index (χ3n) is 11.2. The third-order valence-corrected chi connectivity index (χ3v) is 14.6. The van der Waals surface area contributed by atoms with Gasteiger partial charge >= 0.3 is 0 Å². The fraction of sp³-hybridized carbons (Fsp3) is 0. The van der Waals surface area contributed by atoms with Crippen molar-refractivity contribution in [1.29, 1.82) is 0 Å². The molecule has 8 aromatic carbocycles. The van der Waals surface area contributed by atoms with Crippen molar-refractivity contribution in [3.05, 3.63) is 152 Å². The molecule has 6 heteroatoms. The maximum absolute atomic E-state index is 5.71. The molecule has 0 aliphatic heterocycles. The van der Waals surface area contributed by atoms with E-state index < -0.39 is 0 Å². The Labute approximate surface area is 319 Å². The summed E-state index contributed by atoms with van der Waals surface area (Å²) in [4.78, 5) is 12.3. The summed E-state index contributed by atoms with van der Waals surface area (Å²) in [7, 11) is 0. The van der Waals surface area contributed by atoms with Crippen LogP contribution < -0.4 is 0 Å². The lowest BCUT2D eigenvalue weighted by atomic mass is 9.98. The van der Waals surface area contributed by atoms with Crippen LogP contribution in [0.15, 0.2) is 152 Å². The zero-order valence-corrected chi connectivity index (χ0v) is 30.9. The lowest BCUT2D eigenvalue weighted by Gasteiger charge is -2.14. The molecule has 5 heterocycles. The summed E-state index contributed by atoms with van der Waals surface area (Å²) in [5, 5.41) is 13.8. The second kappa shape index (κ2) is 10.7. The van der Waals surface area contributed by atoms with Gasteiger partial charge in [0.2, 0.25) is 0 Å². The monoisotopic (exact) mass is 739 g/mol. The van der Waals surface area contributed by atoms with Gasteiger partial charge in [0.25, 0.3) is 0 Å². The normalized spacial score (nSPS) is 12.4. The molecule has 13 aromatic rings. The number of hydrogen-bond acceptors (Lipinski definition) is 5. The molecular formula is C48H25N3S3. The van der Waals surface area contributed by atoms with Crippen LogP contribution in [-0.2, 0) is 0 Å². The van der Waals surface area contributed by atoms with Crippen LogP contribution in [0.3, 0.4) is 0 Å². The minimum Gasteiger partial charge on any atom is -0.290 e. The molecule has 250 valence electrons. The number of nitrogens with zero attached hydrogens (tertiary/aromatic N) is 3. The number of aromatic nitrogens is 3. The Kier molecular flexibility index (Phi) is 5.81. The van der Waals surface area contributed by atoms with E-state index in [1.807, 2.05) is 22.7 Å².